The van der Waals surface area contributed by atoms with Crippen molar-refractivity contribution in [3.63, 3.8) is 0 Å². The van der Waals surface area contributed by atoms with Crippen molar-refractivity contribution in [1.29, 1.82) is 0 Å². The molecule has 1 aliphatic heterocycles. The Kier molecular flexibility index (Phi) is 18.8. The fraction of sp³-hybridized carbons (Fsp3) is 0.444. The van der Waals surface area contributed by atoms with E-state index < -0.39 is 0 Å². The van der Waals surface area contributed by atoms with Crippen molar-refractivity contribution < 1.29 is 37.9 Å². The van der Waals surface area contributed by atoms with Crippen LogP contribution in [0.25, 0.3) is 43.1 Å². The first-order valence-corrected chi connectivity index (χ1v) is 15.3. The summed E-state index contributed by atoms with van der Waals surface area (Å²) in [6.45, 7) is 8.42. The average molecular weight is 630 g/mol. The Morgan fingerprint density at radius 3 is 0.822 bits per heavy atom. The zero-order valence-electron chi connectivity index (χ0n) is 27.1. The molecule has 0 saturated carbocycles. The van der Waals surface area contributed by atoms with Crippen LogP contribution in [0.2, 0.25) is 0 Å². The zero-order chi connectivity index (χ0) is 30.7. The molecule has 1 heterocycles. The van der Waals surface area contributed by atoms with Crippen molar-refractivity contribution in [3.8, 4) is 0 Å². The third-order valence-corrected chi connectivity index (χ3v) is 7.11. The Balaban J connectivity index is 0.000000206. The Morgan fingerprint density at radius 1 is 0.400 bits per heavy atom. The smallest absolute Gasteiger partial charge is 0.0701 e. The van der Waals surface area contributed by atoms with Gasteiger partial charge in [0.15, 0.2) is 0 Å². The van der Waals surface area contributed by atoms with E-state index in [0.29, 0.717) is 92.5 Å². The zero-order valence-corrected chi connectivity index (χ0v) is 29.1. The molecule has 0 aliphatic carbocycles. The van der Waals surface area contributed by atoms with E-state index >= 15 is 0 Å². The number of ether oxygens (including phenoxy) is 8. The van der Waals surface area contributed by atoms with Crippen LogP contribution in [0.4, 0.5) is 0 Å². The van der Waals surface area contributed by atoms with Crippen molar-refractivity contribution in [2.45, 2.75) is 0 Å². The molecule has 0 N–H and O–H groups in total. The molecule has 239 valence electrons. The molecule has 1 saturated heterocycles. The van der Waals surface area contributed by atoms with Gasteiger partial charge in [0, 0.05) is 43.8 Å². The van der Waals surface area contributed by atoms with Crippen LogP contribution in [-0.4, -0.2) is 136 Å². The summed E-state index contributed by atoms with van der Waals surface area (Å²) >= 11 is 0. The molecular weight excluding hydrogens is 583 g/mol. The van der Waals surface area contributed by atoms with E-state index in [0.717, 1.165) is 0 Å². The molecule has 45 heavy (non-hydrogen) atoms. The molecule has 9 heteroatoms. The fourth-order valence-electron chi connectivity index (χ4n) is 5.07. The molecule has 0 atom stereocenters. The van der Waals surface area contributed by atoms with E-state index in [2.05, 4.69) is 82.3 Å². The molecule has 8 nitrogen and oxygen atoms in total. The third kappa shape index (κ3) is 12.0. The summed E-state index contributed by atoms with van der Waals surface area (Å²) in [4.78, 5) is 0. The molecule has 6 rings (SSSR count). The van der Waals surface area contributed by atoms with Crippen molar-refractivity contribution in [1.82, 2.24) is 0 Å². The van der Waals surface area contributed by atoms with Gasteiger partial charge in [0.1, 0.15) is 0 Å². The van der Waals surface area contributed by atoms with E-state index in [9.17, 15) is 0 Å². The molecule has 1 radical (unpaired) electrons. The summed E-state index contributed by atoms with van der Waals surface area (Å²) in [5.74, 6) is 0. The van der Waals surface area contributed by atoms with E-state index in [4.69, 9.17) is 28.4 Å². The fourth-order valence-corrected chi connectivity index (χ4v) is 5.07. The maximum absolute atomic E-state index is 5.33. The summed E-state index contributed by atoms with van der Waals surface area (Å²) in [6, 6.07) is 26.4. The third-order valence-electron chi connectivity index (χ3n) is 7.11. The molecule has 1 aliphatic rings. The minimum Gasteiger partial charge on any atom is -0.382 e. The van der Waals surface area contributed by atoms with Crippen LogP contribution in [-0.2, 0) is 37.9 Å². The average Bonchev–Trinajstić information content (AvgIpc) is 3.07. The molecule has 0 unspecified atom stereocenters. The minimum atomic E-state index is 0. The van der Waals surface area contributed by atoms with Gasteiger partial charge in [0.2, 0.25) is 0 Å². The second kappa shape index (κ2) is 22.6. The van der Waals surface area contributed by atoms with Crippen LogP contribution >= 0.6 is 0 Å². The number of rotatable bonds is 3. The van der Waals surface area contributed by atoms with Crippen molar-refractivity contribution in [3.05, 3.63) is 72.8 Å². The van der Waals surface area contributed by atoms with Gasteiger partial charge in [-0.1, -0.05) is 72.8 Å². The second-order valence-corrected chi connectivity index (χ2v) is 10.1. The summed E-state index contributed by atoms with van der Waals surface area (Å²) < 4.78 is 41.3. The molecule has 0 aromatic heterocycles. The Labute approximate surface area is 288 Å². The van der Waals surface area contributed by atoms with Crippen LogP contribution < -0.4 is 0 Å². The molecular formula is C36H46NaO8. The number of hydrogen-bond donors (Lipinski definition) is 0. The van der Waals surface area contributed by atoms with Crippen LogP contribution in [0.1, 0.15) is 0 Å². The molecule has 0 spiro atoms. The summed E-state index contributed by atoms with van der Waals surface area (Å²) in [5.41, 5.74) is 0. The number of methoxy groups -OCH3 is 2. The summed E-state index contributed by atoms with van der Waals surface area (Å²) in [6.07, 6.45) is 0. The normalized spacial score (nSPS) is 16.1. The van der Waals surface area contributed by atoms with Crippen molar-refractivity contribution in [2.75, 3.05) is 107 Å². The molecule has 1 fully saturated rings. The van der Waals surface area contributed by atoms with Crippen molar-refractivity contribution in [2.24, 2.45) is 0 Å². The maximum atomic E-state index is 5.33. The second-order valence-electron chi connectivity index (χ2n) is 10.1. The van der Waals surface area contributed by atoms with Gasteiger partial charge in [-0.05, 0) is 43.1 Å². The van der Waals surface area contributed by atoms with Crippen LogP contribution in [0.15, 0.2) is 72.8 Å². The Hall–Kier alpha value is -1.92. The SMILES string of the molecule is C1COCCOCCOCCOCCOCCO1.COCCOC.[Na].c1cc2cccc3c4cccc5cccc(c(c1)c23)c54. The van der Waals surface area contributed by atoms with Gasteiger partial charge in [0.05, 0.1) is 92.5 Å². The topological polar surface area (TPSA) is 73.8 Å². The van der Waals surface area contributed by atoms with E-state index in [1.54, 1.807) is 14.2 Å². The summed E-state index contributed by atoms with van der Waals surface area (Å²) in [5, 5.41) is 10.9. The summed E-state index contributed by atoms with van der Waals surface area (Å²) in [7, 11) is 3.30. The first kappa shape index (κ1) is 37.5. The van der Waals surface area contributed by atoms with Crippen molar-refractivity contribution >= 4 is 72.6 Å². The molecule has 5 aromatic carbocycles. The van der Waals surface area contributed by atoms with Crippen LogP contribution in [0.5, 0.6) is 0 Å². The first-order chi connectivity index (χ1) is 21.8. The number of fused-ring (bicyclic) bond motifs is 2. The predicted molar refractivity (Wildman–Crippen MR) is 182 cm³/mol. The number of benzene rings is 5. The molecule has 0 amide bonds. The Morgan fingerprint density at radius 2 is 0.622 bits per heavy atom. The van der Waals surface area contributed by atoms with Crippen LogP contribution in [0, 0.1) is 0 Å². The van der Waals surface area contributed by atoms with Gasteiger partial charge in [-0.25, -0.2) is 0 Å². The first-order valence-electron chi connectivity index (χ1n) is 15.3. The Bertz CT molecular complexity index is 1230. The monoisotopic (exact) mass is 629 g/mol. The van der Waals surface area contributed by atoms with E-state index in [1.807, 2.05) is 0 Å². The maximum Gasteiger partial charge on any atom is 0.0701 e. The predicted octanol–water partition coefficient (Wildman–Crippen LogP) is 5.74. The van der Waals surface area contributed by atoms with Gasteiger partial charge < -0.3 is 37.9 Å². The van der Waals surface area contributed by atoms with E-state index in [1.165, 1.54) is 43.1 Å². The van der Waals surface area contributed by atoms with Crippen LogP contribution in [0.3, 0.4) is 0 Å². The standard InChI is InChI=1S/C20H12.C12H24O6.C4H10O2.Na/c1-5-13-6-2-11-17-18-12-4-8-14-7-3-10-16(20(14)18)15(9-1)19(13)17;1-2-14-5-6-16-9-10-18-12-11-17-8-7-15-4-3-13-1;1-5-3-4-6-2;/h1-12H;1-12H2;3-4H2,1-2H3;. The molecule has 5 aromatic rings. The van der Waals surface area contributed by atoms with E-state index in [-0.39, 0.29) is 29.6 Å². The van der Waals surface area contributed by atoms with Gasteiger partial charge in [-0.3, -0.25) is 0 Å². The minimum absolute atomic E-state index is 0. The van der Waals surface area contributed by atoms with Gasteiger partial charge in [-0.2, -0.15) is 0 Å². The number of hydrogen-bond acceptors (Lipinski definition) is 8. The largest absolute Gasteiger partial charge is 0.382 e. The van der Waals surface area contributed by atoms with Gasteiger partial charge in [0.25, 0.3) is 0 Å². The van der Waals surface area contributed by atoms with Gasteiger partial charge >= 0.3 is 0 Å². The quantitative estimate of drug-likeness (QED) is 0.108. The molecule has 0 bridgehead atoms. The van der Waals surface area contributed by atoms with Gasteiger partial charge in [-0.15, -0.1) is 0 Å².